The molecule has 0 radical (unpaired) electrons. The van der Waals surface area contributed by atoms with E-state index in [0.29, 0.717) is 5.92 Å². The van der Waals surface area contributed by atoms with Crippen LogP contribution in [0.5, 0.6) is 0 Å². The van der Waals surface area contributed by atoms with Crippen LogP contribution in [0.3, 0.4) is 0 Å². The fraction of sp³-hybridized carbons (Fsp3) is 0.455. The zero-order valence-electron chi connectivity index (χ0n) is 7.66. The first-order valence-corrected chi connectivity index (χ1v) is 4.96. The highest BCUT2D eigenvalue weighted by molar-refractivity contribution is 6.01. The van der Waals surface area contributed by atoms with Gasteiger partial charge < -0.3 is 0 Å². The van der Waals surface area contributed by atoms with Crippen LogP contribution in [0.1, 0.15) is 41.1 Å². The van der Waals surface area contributed by atoms with E-state index in [9.17, 15) is 9.18 Å². The van der Waals surface area contributed by atoms with Crippen molar-refractivity contribution < 1.29 is 9.18 Å². The van der Waals surface area contributed by atoms with E-state index in [1.54, 1.807) is 6.07 Å². The molecule has 1 fully saturated rings. The normalized spacial score (nSPS) is 29.1. The maximum atomic E-state index is 13.4. The summed E-state index contributed by atoms with van der Waals surface area (Å²) in [7, 11) is 0. The van der Waals surface area contributed by atoms with Crippen LogP contribution in [-0.4, -0.2) is 10.8 Å². The molecule has 1 aromatic rings. The lowest BCUT2D eigenvalue weighted by molar-refractivity contribution is 0.0908. The van der Waals surface area contributed by atoms with Gasteiger partial charge in [0.15, 0.2) is 5.78 Å². The molecule has 2 aliphatic carbocycles. The molecule has 2 atom stereocenters. The highest BCUT2D eigenvalue weighted by Gasteiger charge is 2.40. The Bertz CT molecular complexity index is 416. The van der Waals surface area contributed by atoms with Gasteiger partial charge in [-0.15, -0.1) is 0 Å². The summed E-state index contributed by atoms with van der Waals surface area (Å²) < 4.78 is 13.4. The molecule has 0 aliphatic heterocycles. The average molecular weight is 191 g/mol. The predicted octanol–water partition coefficient (Wildman–Crippen LogP) is 2.30. The fourth-order valence-corrected chi connectivity index (χ4v) is 2.74. The Morgan fingerprint density at radius 1 is 1.36 bits per heavy atom. The molecular weight excluding hydrogens is 181 g/mol. The number of carbonyl (C=O) groups is 1. The zero-order valence-corrected chi connectivity index (χ0v) is 7.66. The molecule has 3 rings (SSSR count). The van der Waals surface area contributed by atoms with Crippen molar-refractivity contribution in [2.45, 2.75) is 25.2 Å². The highest BCUT2D eigenvalue weighted by atomic mass is 19.1. The average Bonchev–Trinajstić information content (AvgIpc) is 2.60. The van der Waals surface area contributed by atoms with Crippen molar-refractivity contribution in [3.05, 3.63) is 29.3 Å². The van der Waals surface area contributed by atoms with E-state index >= 15 is 0 Å². The molecule has 1 heterocycles. The van der Waals surface area contributed by atoms with Crippen LogP contribution in [0.2, 0.25) is 0 Å². The number of fused-ring (bicyclic) bond motifs is 4. The maximum Gasteiger partial charge on any atom is 0.224 e. The number of aromatic nitrogens is 1. The standard InChI is InChI=1S/C11H10FNO/c12-11-9-8(3-4-13-11)6-1-2-7(5-6)10(9)14/h3-4,6-7H,1-2,5H2. The Morgan fingerprint density at radius 3 is 3.00 bits per heavy atom. The summed E-state index contributed by atoms with van der Waals surface area (Å²) in [6, 6.07) is 1.79. The fourth-order valence-electron chi connectivity index (χ4n) is 2.74. The van der Waals surface area contributed by atoms with Crippen LogP contribution in [-0.2, 0) is 0 Å². The van der Waals surface area contributed by atoms with E-state index in [0.717, 1.165) is 24.8 Å². The number of pyridine rings is 1. The Labute approximate surface area is 81.2 Å². The van der Waals surface area contributed by atoms with Crippen LogP contribution in [0.25, 0.3) is 0 Å². The Kier molecular flexibility index (Phi) is 1.52. The van der Waals surface area contributed by atoms with E-state index in [-0.39, 0.29) is 17.3 Å². The first kappa shape index (κ1) is 8.09. The van der Waals surface area contributed by atoms with Crippen molar-refractivity contribution in [3.63, 3.8) is 0 Å². The van der Waals surface area contributed by atoms with E-state index < -0.39 is 5.95 Å². The monoisotopic (exact) mass is 191 g/mol. The molecule has 3 heteroatoms. The molecule has 2 bridgehead atoms. The molecule has 72 valence electrons. The molecule has 1 saturated carbocycles. The number of rotatable bonds is 0. The van der Waals surface area contributed by atoms with Gasteiger partial charge in [0, 0.05) is 12.1 Å². The molecule has 2 nitrogen and oxygen atoms in total. The van der Waals surface area contributed by atoms with E-state index in [1.807, 2.05) is 0 Å². The number of nitrogens with zero attached hydrogens (tertiary/aromatic N) is 1. The molecule has 0 N–H and O–H groups in total. The number of halogens is 1. The highest BCUT2D eigenvalue weighted by Crippen LogP contribution is 2.46. The number of Topliss-reactive ketones (excluding diaryl/α,β-unsaturated/α-hetero) is 1. The second-order valence-corrected chi connectivity index (χ2v) is 4.14. The first-order valence-electron chi connectivity index (χ1n) is 4.96. The summed E-state index contributed by atoms with van der Waals surface area (Å²) in [5.41, 5.74) is 1.16. The molecule has 2 unspecified atom stereocenters. The van der Waals surface area contributed by atoms with E-state index in [1.165, 1.54) is 6.20 Å². The third-order valence-electron chi connectivity index (χ3n) is 3.43. The van der Waals surface area contributed by atoms with Crippen molar-refractivity contribution in [3.8, 4) is 0 Å². The number of hydrogen-bond donors (Lipinski definition) is 0. The van der Waals surface area contributed by atoms with Crippen molar-refractivity contribution in [1.29, 1.82) is 0 Å². The van der Waals surface area contributed by atoms with Gasteiger partial charge >= 0.3 is 0 Å². The summed E-state index contributed by atoms with van der Waals surface area (Å²) in [6.45, 7) is 0. The van der Waals surface area contributed by atoms with Gasteiger partial charge in [-0.2, -0.15) is 4.39 Å². The van der Waals surface area contributed by atoms with Gasteiger partial charge in [0.25, 0.3) is 0 Å². The van der Waals surface area contributed by atoms with Crippen molar-refractivity contribution in [1.82, 2.24) is 4.98 Å². The second-order valence-electron chi connectivity index (χ2n) is 4.14. The van der Waals surface area contributed by atoms with Gasteiger partial charge in [0.1, 0.15) is 0 Å². The van der Waals surface area contributed by atoms with Gasteiger partial charge in [0.2, 0.25) is 5.95 Å². The summed E-state index contributed by atoms with van der Waals surface area (Å²) in [5.74, 6) is -0.153. The number of ketones is 1. The quantitative estimate of drug-likeness (QED) is 0.589. The molecule has 0 saturated heterocycles. The number of carbonyl (C=O) groups excluding carboxylic acids is 1. The topological polar surface area (TPSA) is 30.0 Å². The van der Waals surface area contributed by atoms with Gasteiger partial charge in [-0.3, -0.25) is 4.79 Å². The smallest absolute Gasteiger partial charge is 0.224 e. The summed E-state index contributed by atoms with van der Waals surface area (Å²) in [4.78, 5) is 15.4. The molecule has 2 aliphatic rings. The largest absolute Gasteiger partial charge is 0.294 e. The van der Waals surface area contributed by atoms with Gasteiger partial charge in [-0.1, -0.05) is 0 Å². The Balaban J connectivity index is 2.26. The van der Waals surface area contributed by atoms with Crippen molar-refractivity contribution >= 4 is 5.78 Å². The minimum Gasteiger partial charge on any atom is -0.294 e. The molecule has 0 amide bonds. The SMILES string of the molecule is O=C1c2c(ccnc2F)C2CCC1C2. The van der Waals surface area contributed by atoms with Gasteiger partial charge in [0.05, 0.1) is 5.56 Å². The van der Waals surface area contributed by atoms with E-state index in [2.05, 4.69) is 4.98 Å². The van der Waals surface area contributed by atoms with Gasteiger partial charge in [-0.05, 0) is 36.8 Å². The summed E-state index contributed by atoms with van der Waals surface area (Å²) in [5, 5.41) is 0. The molecular formula is C11H10FNO. The molecule has 0 spiro atoms. The Hall–Kier alpha value is -1.25. The molecule has 14 heavy (non-hydrogen) atoms. The third kappa shape index (κ3) is 0.897. The van der Waals surface area contributed by atoms with Crippen LogP contribution < -0.4 is 0 Å². The van der Waals surface area contributed by atoms with Crippen LogP contribution >= 0.6 is 0 Å². The molecule has 1 aromatic heterocycles. The minimum absolute atomic E-state index is 0.0284. The van der Waals surface area contributed by atoms with Crippen LogP contribution in [0.15, 0.2) is 12.3 Å². The lowest BCUT2D eigenvalue weighted by Gasteiger charge is -2.21. The van der Waals surface area contributed by atoms with Crippen molar-refractivity contribution in [2.24, 2.45) is 5.92 Å². The summed E-state index contributed by atoms with van der Waals surface area (Å²) in [6.07, 6.45) is 4.31. The zero-order chi connectivity index (χ0) is 9.71. The lowest BCUT2D eigenvalue weighted by Crippen LogP contribution is -2.21. The number of hydrogen-bond acceptors (Lipinski definition) is 2. The summed E-state index contributed by atoms with van der Waals surface area (Å²) >= 11 is 0. The van der Waals surface area contributed by atoms with Crippen LogP contribution in [0, 0.1) is 11.9 Å². The third-order valence-corrected chi connectivity index (χ3v) is 3.43. The van der Waals surface area contributed by atoms with Crippen molar-refractivity contribution in [2.75, 3.05) is 0 Å². The molecule has 0 aromatic carbocycles. The maximum absolute atomic E-state index is 13.4. The first-order chi connectivity index (χ1) is 6.77. The second kappa shape index (κ2) is 2.62. The van der Waals surface area contributed by atoms with Crippen LogP contribution in [0.4, 0.5) is 4.39 Å². The Morgan fingerprint density at radius 2 is 2.14 bits per heavy atom. The van der Waals surface area contributed by atoms with E-state index in [4.69, 9.17) is 0 Å². The van der Waals surface area contributed by atoms with Gasteiger partial charge in [-0.25, -0.2) is 4.98 Å². The predicted molar refractivity (Wildman–Crippen MR) is 48.6 cm³/mol. The lowest BCUT2D eigenvalue weighted by atomic mass is 9.83. The minimum atomic E-state index is -0.580.